The summed E-state index contributed by atoms with van der Waals surface area (Å²) in [5.74, 6) is -0.308. The van der Waals surface area contributed by atoms with Gasteiger partial charge in [0.1, 0.15) is 5.82 Å². The van der Waals surface area contributed by atoms with Gasteiger partial charge in [0.25, 0.3) is 11.5 Å². The maximum atomic E-state index is 13.1. The molecule has 0 atom stereocenters. The molecule has 2 heterocycles. The first-order chi connectivity index (χ1) is 11.3. The highest BCUT2D eigenvalue weighted by molar-refractivity contribution is 5.96. The summed E-state index contributed by atoms with van der Waals surface area (Å²) in [7, 11) is 0. The minimum absolute atomic E-state index is 0.0190. The Morgan fingerprint density at radius 2 is 2.00 bits per heavy atom. The molecule has 0 fully saturated rings. The fourth-order valence-corrected chi connectivity index (χ4v) is 2.82. The molecule has 5 nitrogen and oxygen atoms in total. The summed E-state index contributed by atoms with van der Waals surface area (Å²) >= 11 is 0. The SMILES string of the molecule is Cc1nc2c(c(=O)[nH]1)CCN(C(=O)c1ccccc1C(F)(F)F)C2. The van der Waals surface area contributed by atoms with Crippen LogP contribution in [-0.2, 0) is 19.1 Å². The molecule has 0 radical (unpaired) electrons. The van der Waals surface area contributed by atoms with Crippen molar-refractivity contribution in [2.75, 3.05) is 6.54 Å². The molecule has 0 unspecified atom stereocenters. The highest BCUT2D eigenvalue weighted by Gasteiger charge is 2.36. The number of alkyl halides is 3. The first-order valence-electron chi connectivity index (χ1n) is 7.31. The van der Waals surface area contributed by atoms with Crippen LogP contribution in [0.15, 0.2) is 29.1 Å². The standard InChI is InChI=1S/C16H14F3N3O2/c1-9-20-13-8-22(7-6-11(13)14(23)21-9)15(24)10-4-2-3-5-12(10)16(17,18)19/h2-5H,6-8H2,1H3,(H,20,21,23). The van der Waals surface area contributed by atoms with Crippen molar-refractivity contribution in [1.82, 2.24) is 14.9 Å². The van der Waals surface area contributed by atoms with Crippen LogP contribution in [0.1, 0.15) is 33.0 Å². The van der Waals surface area contributed by atoms with Gasteiger partial charge in [-0.05, 0) is 25.5 Å². The van der Waals surface area contributed by atoms with E-state index in [9.17, 15) is 22.8 Å². The minimum atomic E-state index is -4.61. The van der Waals surface area contributed by atoms with Crippen LogP contribution < -0.4 is 5.56 Å². The zero-order chi connectivity index (χ0) is 17.5. The van der Waals surface area contributed by atoms with Crippen molar-refractivity contribution in [3.8, 4) is 0 Å². The summed E-state index contributed by atoms with van der Waals surface area (Å²) < 4.78 is 39.3. The number of hydrogen-bond acceptors (Lipinski definition) is 3. The van der Waals surface area contributed by atoms with Crippen molar-refractivity contribution in [1.29, 1.82) is 0 Å². The number of carbonyl (C=O) groups is 1. The number of nitrogens with zero attached hydrogens (tertiary/aromatic N) is 2. The molecule has 1 aromatic carbocycles. The quantitative estimate of drug-likeness (QED) is 0.868. The summed E-state index contributed by atoms with van der Waals surface area (Å²) in [6.07, 6.45) is -4.34. The summed E-state index contributed by atoms with van der Waals surface area (Å²) in [4.78, 5) is 32.5. The Hall–Kier alpha value is -2.64. The lowest BCUT2D eigenvalue weighted by Crippen LogP contribution is -2.40. The molecule has 0 aliphatic carbocycles. The molecule has 1 amide bonds. The molecular formula is C16H14F3N3O2. The van der Waals surface area contributed by atoms with Crippen molar-refractivity contribution in [3.63, 3.8) is 0 Å². The van der Waals surface area contributed by atoms with Crippen LogP contribution >= 0.6 is 0 Å². The van der Waals surface area contributed by atoms with E-state index in [1.807, 2.05) is 0 Å². The Labute approximate surface area is 135 Å². The predicted molar refractivity (Wildman–Crippen MR) is 79.5 cm³/mol. The van der Waals surface area contributed by atoms with Gasteiger partial charge < -0.3 is 9.88 Å². The van der Waals surface area contributed by atoms with Gasteiger partial charge in [-0.3, -0.25) is 9.59 Å². The van der Waals surface area contributed by atoms with Gasteiger partial charge in [-0.15, -0.1) is 0 Å². The number of rotatable bonds is 1. The smallest absolute Gasteiger partial charge is 0.332 e. The second kappa shape index (κ2) is 5.77. The van der Waals surface area contributed by atoms with Gasteiger partial charge >= 0.3 is 6.18 Å². The van der Waals surface area contributed by atoms with Crippen molar-refractivity contribution >= 4 is 5.91 Å². The molecule has 1 aliphatic rings. The fourth-order valence-electron chi connectivity index (χ4n) is 2.82. The lowest BCUT2D eigenvalue weighted by molar-refractivity contribution is -0.138. The number of aromatic nitrogens is 2. The van der Waals surface area contributed by atoms with E-state index < -0.39 is 23.2 Å². The van der Waals surface area contributed by atoms with Crippen molar-refractivity contribution in [2.45, 2.75) is 26.1 Å². The number of hydrogen-bond donors (Lipinski definition) is 1. The van der Waals surface area contributed by atoms with E-state index in [2.05, 4.69) is 9.97 Å². The van der Waals surface area contributed by atoms with Gasteiger partial charge in [0.15, 0.2) is 0 Å². The van der Waals surface area contributed by atoms with Crippen LogP contribution in [0.3, 0.4) is 0 Å². The number of benzene rings is 1. The number of aryl methyl sites for hydroxylation is 1. The van der Waals surface area contributed by atoms with E-state index in [1.54, 1.807) is 6.92 Å². The maximum Gasteiger partial charge on any atom is 0.417 e. The summed E-state index contributed by atoms with van der Waals surface area (Å²) in [5.41, 5.74) is -0.708. The van der Waals surface area contributed by atoms with E-state index in [0.717, 1.165) is 12.1 Å². The van der Waals surface area contributed by atoms with Crippen molar-refractivity contribution < 1.29 is 18.0 Å². The average molecular weight is 337 g/mol. The van der Waals surface area contributed by atoms with E-state index in [4.69, 9.17) is 0 Å². The van der Waals surface area contributed by atoms with Gasteiger partial charge in [-0.25, -0.2) is 4.98 Å². The number of aromatic amines is 1. The largest absolute Gasteiger partial charge is 0.417 e. The van der Waals surface area contributed by atoms with E-state index in [-0.39, 0.29) is 25.1 Å². The van der Waals surface area contributed by atoms with Crippen molar-refractivity contribution in [3.05, 3.63) is 62.8 Å². The number of H-pyrrole nitrogens is 1. The summed E-state index contributed by atoms with van der Waals surface area (Å²) in [6, 6.07) is 4.69. The van der Waals surface area contributed by atoms with Crippen LogP contribution in [0.2, 0.25) is 0 Å². The molecule has 0 saturated heterocycles. The van der Waals surface area contributed by atoms with E-state index in [1.165, 1.54) is 17.0 Å². The number of fused-ring (bicyclic) bond motifs is 1. The predicted octanol–water partition coefficient (Wildman–Crippen LogP) is 2.30. The Morgan fingerprint density at radius 1 is 1.29 bits per heavy atom. The molecule has 0 saturated carbocycles. The third-order valence-corrected chi connectivity index (χ3v) is 3.94. The van der Waals surface area contributed by atoms with E-state index in [0.29, 0.717) is 17.1 Å². The van der Waals surface area contributed by atoms with Gasteiger partial charge in [-0.1, -0.05) is 12.1 Å². The zero-order valence-electron chi connectivity index (χ0n) is 12.8. The molecule has 1 N–H and O–H groups in total. The Balaban J connectivity index is 1.95. The first-order valence-corrected chi connectivity index (χ1v) is 7.31. The summed E-state index contributed by atoms with van der Waals surface area (Å²) in [6.45, 7) is 1.80. The van der Waals surface area contributed by atoms with Gasteiger partial charge in [0, 0.05) is 12.1 Å². The normalized spacial score (nSPS) is 14.4. The zero-order valence-corrected chi connectivity index (χ0v) is 12.8. The third kappa shape index (κ3) is 2.91. The molecule has 8 heteroatoms. The molecule has 1 aromatic heterocycles. The van der Waals surface area contributed by atoms with Crippen molar-refractivity contribution in [2.24, 2.45) is 0 Å². The van der Waals surface area contributed by atoms with Crippen LogP contribution in [0.4, 0.5) is 13.2 Å². The monoisotopic (exact) mass is 337 g/mol. The van der Waals surface area contributed by atoms with Gasteiger partial charge in [0.2, 0.25) is 0 Å². The number of amides is 1. The van der Waals surface area contributed by atoms with Crippen LogP contribution in [0, 0.1) is 6.92 Å². The average Bonchev–Trinajstić information content (AvgIpc) is 2.52. The topological polar surface area (TPSA) is 66.1 Å². The summed E-state index contributed by atoms with van der Waals surface area (Å²) in [5, 5.41) is 0. The first kappa shape index (κ1) is 16.2. The molecule has 2 aromatic rings. The highest BCUT2D eigenvalue weighted by Crippen LogP contribution is 2.32. The van der Waals surface area contributed by atoms with Gasteiger partial charge in [-0.2, -0.15) is 13.2 Å². The van der Waals surface area contributed by atoms with Crippen LogP contribution in [-0.4, -0.2) is 27.3 Å². The Kier molecular flexibility index (Phi) is 3.90. The number of halogens is 3. The minimum Gasteiger partial charge on any atom is -0.332 e. The lowest BCUT2D eigenvalue weighted by Gasteiger charge is -2.28. The molecule has 126 valence electrons. The molecule has 0 spiro atoms. The molecule has 3 rings (SSSR count). The van der Waals surface area contributed by atoms with Crippen LogP contribution in [0.5, 0.6) is 0 Å². The number of nitrogens with one attached hydrogen (secondary N) is 1. The maximum absolute atomic E-state index is 13.1. The lowest BCUT2D eigenvalue weighted by atomic mass is 10.0. The number of carbonyl (C=O) groups excluding carboxylic acids is 1. The molecule has 24 heavy (non-hydrogen) atoms. The van der Waals surface area contributed by atoms with E-state index >= 15 is 0 Å². The Morgan fingerprint density at radius 3 is 2.71 bits per heavy atom. The fraction of sp³-hybridized carbons (Fsp3) is 0.312. The third-order valence-electron chi connectivity index (χ3n) is 3.94. The highest BCUT2D eigenvalue weighted by atomic mass is 19.4. The second-order valence-corrected chi connectivity index (χ2v) is 5.60. The molecule has 0 bridgehead atoms. The van der Waals surface area contributed by atoms with Gasteiger partial charge in [0.05, 0.1) is 23.4 Å². The molecule has 1 aliphatic heterocycles. The molecular weight excluding hydrogens is 323 g/mol. The Bertz CT molecular complexity index is 858. The van der Waals surface area contributed by atoms with Crippen LogP contribution in [0.25, 0.3) is 0 Å². The second-order valence-electron chi connectivity index (χ2n) is 5.60.